The highest BCUT2D eigenvalue weighted by Gasteiger charge is 2.30. The molecule has 2 aromatic rings. The molecule has 2 aromatic carbocycles. The van der Waals surface area contributed by atoms with Gasteiger partial charge in [0.2, 0.25) is 5.91 Å². The number of hydrogen-bond donors (Lipinski definition) is 0. The molecule has 1 atom stereocenters. The van der Waals surface area contributed by atoms with Gasteiger partial charge in [0.25, 0.3) is 0 Å². The van der Waals surface area contributed by atoms with Crippen molar-refractivity contribution in [3.8, 4) is 0 Å². The van der Waals surface area contributed by atoms with E-state index in [0.29, 0.717) is 0 Å². The Morgan fingerprint density at radius 2 is 1.40 bits per heavy atom. The normalized spacial score (nSPS) is 19.1. The average molecular weight is 407 g/mol. The van der Waals surface area contributed by atoms with Crippen LogP contribution >= 0.6 is 0 Å². The van der Waals surface area contributed by atoms with Crippen LogP contribution in [0.25, 0.3) is 0 Å². The molecule has 0 bridgehead atoms. The molecule has 4 rings (SSSR count). The minimum atomic E-state index is -0.0472. The van der Waals surface area contributed by atoms with Gasteiger partial charge in [0.1, 0.15) is 0 Å². The second-order valence-electron chi connectivity index (χ2n) is 8.57. The molecule has 0 N–H and O–H groups in total. The number of carbonyl (C=O) groups excluding carboxylic acids is 1. The molecular weight excluding hydrogens is 372 g/mol. The Morgan fingerprint density at radius 3 is 2.07 bits per heavy atom. The fourth-order valence-corrected chi connectivity index (χ4v) is 4.67. The molecule has 5 heteroatoms. The van der Waals surface area contributed by atoms with Crippen molar-refractivity contribution >= 4 is 17.3 Å². The summed E-state index contributed by atoms with van der Waals surface area (Å²) in [6, 6.07) is 17.0. The number of benzene rings is 2. The van der Waals surface area contributed by atoms with Crippen LogP contribution in [0.5, 0.6) is 0 Å². The number of aryl methyl sites for hydroxylation is 1. The second kappa shape index (κ2) is 9.09. The van der Waals surface area contributed by atoms with Crippen LogP contribution in [0.4, 0.5) is 11.4 Å². The third kappa shape index (κ3) is 4.31. The van der Waals surface area contributed by atoms with Crippen LogP contribution < -0.4 is 9.80 Å². The molecule has 2 heterocycles. The minimum absolute atomic E-state index is 0.0472. The van der Waals surface area contributed by atoms with Crippen LogP contribution in [0, 0.1) is 13.8 Å². The number of hydrogen-bond acceptors (Lipinski definition) is 4. The Balaban J connectivity index is 1.29. The van der Waals surface area contributed by atoms with Crippen molar-refractivity contribution < 1.29 is 4.79 Å². The smallest absolute Gasteiger partial charge is 0.239 e. The highest BCUT2D eigenvalue weighted by Crippen LogP contribution is 2.24. The first-order valence-corrected chi connectivity index (χ1v) is 11.2. The monoisotopic (exact) mass is 406 g/mol. The molecule has 2 saturated heterocycles. The lowest BCUT2D eigenvalue weighted by Crippen LogP contribution is -2.57. The zero-order chi connectivity index (χ0) is 21.1. The first kappa shape index (κ1) is 20.7. The van der Waals surface area contributed by atoms with Crippen LogP contribution in [0.1, 0.15) is 18.1 Å². The lowest BCUT2D eigenvalue weighted by molar-refractivity contribution is -0.136. The van der Waals surface area contributed by atoms with Gasteiger partial charge in [0, 0.05) is 63.7 Å². The molecule has 0 saturated carbocycles. The highest BCUT2D eigenvalue weighted by molar-refractivity contribution is 5.82. The quantitative estimate of drug-likeness (QED) is 0.780. The largest absolute Gasteiger partial charge is 0.369 e. The van der Waals surface area contributed by atoms with Crippen LogP contribution in [0.15, 0.2) is 48.5 Å². The van der Waals surface area contributed by atoms with Crippen molar-refractivity contribution in [2.45, 2.75) is 26.8 Å². The summed E-state index contributed by atoms with van der Waals surface area (Å²) < 4.78 is 0. The van der Waals surface area contributed by atoms with E-state index < -0.39 is 0 Å². The molecular formula is C25H34N4O. The van der Waals surface area contributed by atoms with E-state index in [1.165, 1.54) is 22.5 Å². The van der Waals surface area contributed by atoms with Crippen molar-refractivity contribution in [2.24, 2.45) is 0 Å². The zero-order valence-electron chi connectivity index (χ0n) is 18.6. The van der Waals surface area contributed by atoms with E-state index in [0.717, 1.165) is 52.4 Å². The van der Waals surface area contributed by atoms with Crippen molar-refractivity contribution in [3.05, 3.63) is 59.7 Å². The van der Waals surface area contributed by atoms with Crippen LogP contribution in [0.2, 0.25) is 0 Å². The Bertz CT molecular complexity index is 853. The van der Waals surface area contributed by atoms with Gasteiger partial charge in [-0.15, -0.1) is 0 Å². The Kier molecular flexibility index (Phi) is 6.28. The number of carbonyl (C=O) groups is 1. The van der Waals surface area contributed by atoms with Gasteiger partial charge in [-0.1, -0.05) is 30.3 Å². The number of nitrogens with zero attached hydrogens (tertiary/aromatic N) is 4. The van der Waals surface area contributed by atoms with Gasteiger partial charge in [0.05, 0.1) is 6.04 Å². The Labute approximate surface area is 180 Å². The lowest BCUT2D eigenvalue weighted by Gasteiger charge is -2.42. The fourth-order valence-electron chi connectivity index (χ4n) is 4.67. The van der Waals surface area contributed by atoms with Gasteiger partial charge in [-0.2, -0.15) is 0 Å². The standard InChI is InChI=1S/C25H34N4O/c1-20-8-7-11-24(21(20)2)28-16-12-26(13-17-28)22(3)25(30)29-18-14-27(15-19-29)23-9-5-4-6-10-23/h4-11,22H,12-19H2,1-3H3. The Morgan fingerprint density at radius 1 is 0.767 bits per heavy atom. The van der Waals surface area contributed by atoms with E-state index in [2.05, 4.69) is 82.8 Å². The van der Waals surface area contributed by atoms with Crippen LogP contribution in [0.3, 0.4) is 0 Å². The topological polar surface area (TPSA) is 30.0 Å². The van der Waals surface area contributed by atoms with E-state index in [9.17, 15) is 4.79 Å². The molecule has 30 heavy (non-hydrogen) atoms. The first-order chi connectivity index (χ1) is 14.5. The van der Waals surface area contributed by atoms with E-state index in [1.807, 2.05) is 6.07 Å². The summed E-state index contributed by atoms with van der Waals surface area (Å²) in [5, 5.41) is 0. The molecule has 2 aliphatic heterocycles. The predicted octanol–water partition coefficient (Wildman–Crippen LogP) is 3.16. The van der Waals surface area contributed by atoms with Crippen molar-refractivity contribution in [2.75, 3.05) is 62.2 Å². The van der Waals surface area contributed by atoms with Crippen molar-refractivity contribution in [1.29, 1.82) is 0 Å². The van der Waals surface area contributed by atoms with E-state index in [1.54, 1.807) is 0 Å². The van der Waals surface area contributed by atoms with Gasteiger partial charge >= 0.3 is 0 Å². The molecule has 0 radical (unpaired) electrons. The molecule has 5 nitrogen and oxygen atoms in total. The molecule has 0 spiro atoms. The SMILES string of the molecule is Cc1cccc(N2CCN(C(C)C(=O)N3CCN(c4ccccc4)CC3)CC2)c1C. The molecule has 1 amide bonds. The summed E-state index contributed by atoms with van der Waals surface area (Å²) in [6.45, 7) is 13.7. The summed E-state index contributed by atoms with van der Waals surface area (Å²) >= 11 is 0. The summed E-state index contributed by atoms with van der Waals surface area (Å²) in [6.07, 6.45) is 0. The Hall–Kier alpha value is -2.53. The molecule has 0 aliphatic carbocycles. The summed E-state index contributed by atoms with van der Waals surface area (Å²) in [5.41, 5.74) is 5.30. The van der Waals surface area contributed by atoms with E-state index >= 15 is 0 Å². The van der Waals surface area contributed by atoms with Gasteiger partial charge < -0.3 is 14.7 Å². The lowest BCUT2D eigenvalue weighted by atomic mass is 10.1. The van der Waals surface area contributed by atoms with Gasteiger partial charge in [0.15, 0.2) is 0 Å². The molecule has 2 aliphatic rings. The van der Waals surface area contributed by atoms with Gasteiger partial charge in [-0.05, 0) is 50.1 Å². The summed E-state index contributed by atoms with van der Waals surface area (Å²) in [4.78, 5) is 22.4. The van der Waals surface area contributed by atoms with Gasteiger partial charge in [-0.25, -0.2) is 0 Å². The second-order valence-corrected chi connectivity index (χ2v) is 8.57. The van der Waals surface area contributed by atoms with Crippen molar-refractivity contribution in [1.82, 2.24) is 9.80 Å². The molecule has 1 unspecified atom stereocenters. The maximum atomic E-state index is 13.1. The van der Waals surface area contributed by atoms with E-state index in [-0.39, 0.29) is 11.9 Å². The maximum Gasteiger partial charge on any atom is 0.239 e. The highest BCUT2D eigenvalue weighted by atomic mass is 16.2. The molecule has 0 aromatic heterocycles. The fraction of sp³-hybridized carbons (Fsp3) is 0.480. The van der Waals surface area contributed by atoms with Gasteiger partial charge in [-0.3, -0.25) is 9.69 Å². The number of amides is 1. The van der Waals surface area contributed by atoms with Crippen molar-refractivity contribution in [3.63, 3.8) is 0 Å². The maximum absolute atomic E-state index is 13.1. The predicted molar refractivity (Wildman–Crippen MR) is 124 cm³/mol. The van der Waals surface area contributed by atoms with Crippen LogP contribution in [-0.4, -0.2) is 74.1 Å². The number of rotatable bonds is 4. The van der Waals surface area contributed by atoms with Crippen LogP contribution in [-0.2, 0) is 4.79 Å². The molecule has 2 fully saturated rings. The molecule has 160 valence electrons. The first-order valence-electron chi connectivity index (χ1n) is 11.2. The number of anilines is 2. The third-order valence-electron chi connectivity index (χ3n) is 6.85. The average Bonchev–Trinajstić information content (AvgIpc) is 2.81. The zero-order valence-corrected chi connectivity index (χ0v) is 18.6. The van der Waals surface area contributed by atoms with E-state index in [4.69, 9.17) is 0 Å². The summed E-state index contributed by atoms with van der Waals surface area (Å²) in [5.74, 6) is 0.280. The number of para-hydroxylation sites is 1. The third-order valence-corrected chi connectivity index (χ3v) is 6.85. The summed E-state index contributed by atoms with van der Waals surface area (Å²) in [7, 11) is 0. The number of piperazine rings is 2. The minimum Gasteiger partial charge on any atom is -0.369 e.